The Labute approximate surface area is 84.2 Å². The highest BCUT2D eigenvalue weighted by Gasteiger charge is 2.22. The molecular formula is C10H17NO3. The topological polar surface area (TPSA) is 49.8 Å². The second-order valence-corrected chi connectivity index (χ2v) is 3.56. The van der Waals surface area contributed by atoms with Crippen molar-refractivity contribution in [3.8, 4) is 0 Å². The Morgan fingerprint density at radius 3 is 3.14 bits per heavy atom. The Morgan fingerprint density at radius 1 is 1.71 bits per heavy atom. The summed E-state index contributed by atoms with van der Waals surface area (Å²) in [6.07, 6.45) is 2.88. The zero-order valence-electron chi connectivity index (χ0n) is 8.32. The number of piperidine rings is 1. The second kappa shape index (κ2) is 5.65. The van der Waals surface area contributed by atoms with Gasteiger partial charge in [-0.25, -0.2) is 4.79 Å². The molecule has 1 heterocycles. The molecule has 4 heteroatoms. The van der Waals surface area contributed by atoms with E-state index in [1.54, 1.807) is 6.08 Å². The van der Waals surface area contributed by atoms with Crippen LogP contribution in [0.3, 0.4) is 0 Å². The molecule has 0 spiro atoms. The van der Waals surface area contributed by atoms with Gasteiger partial charge >= 0.3 is 6.09 Å². The smallest absolute Gasteiger partial charge is 0.407 e. The second-order valence-electron chi connectivity index (χ2n) is 3.56. The molecule has 0 aliphatic carbocycles. The molecular weight excluding hydrogens is 182 g/mol. The van der Waals surface area contributed by atoms with Crippen LogP contribution in [-0.4, -0.2) is 42.4 Å². The molecule has 1 saturated heterocycles. The van der Waals surface area contributed by atoms with Crippen molar-refractivity contribution in [2.45, 2.75) is 12.8 Å². The number of ether oxygens (including phenoxy) is 1. The molecule has 0 saturated carbocycles. The third-order valence-electron chi connectivity index (χ3n) is 2.38. The fourth-order valence-corrected chi connectivity index (χ4v) is 1.69. The minimum absolute atomic E-state index is 0.347. The molecule has 0 aromatic rings. The largest absolute Gasteiger partial charge is 0.465 e. The van der Waals surface area contributed by atoms with Gasteiger partial charge in [-0.2, -0.15) is 0 Å². The lowest BCUT2D eigenvalue weighted by atomic mass is 9.99. The molecule has 1 amide bonds. The van der Waals surface area contributed by atoms with E-state index in [2.05, 4.69) is 6.58 Å². The van der Waals surface area contributed by atoms with Gasteiger partial charge in [0.05, 0.1) is 13.2 Å². The highest BCUT2D eigenvalue weighted by molar-refractivity contribution is 5.65. The number of nitrogens with zero attached hydrogens (tertiary/aromatic N) is 1. The Morgan fingerprint density at radius 2 is 2.50 bits per heavy atom. The molecule has 1 N–H and O–H groups in total. The van der Waals surface area contributed by atoms with Gasteiger partial charge in [0.25, 0.3) is 0 Å². The quantitative estimate of drug-likeness (QED) is 0.552. The average Bonchev–Trinajstić information content (AvgIpc) is 2.19. The predicted molar refractivity (Wildman–Crippen MR) is 53.3 cm³/mol. The lowest BCUT2D eigenvalue weighted by Crippen LogP contribution is -2.40. The summed E-state index contributed by atoms with van der Waals surface area (Å²) in [5.74, 6) is 0.347. The number of carbonyl (C=O) groups is 1. The number of amides is 1. The third kappa shape index (κ3) is 3.38. The van der Waals surface area contributed by atoms with Crippen molar-refractivity contribution in [2.75, 3.05) is 26.3 Å². The number of likely N-dealkylation sites (tertiary alicyclic amines) is 1. The van der Waals surface area contributed by atoms with Crippen molar-refractivity contribution >= 4 is 6.09 Å². The zero-order valence-corrected chi connectivity index (χ0v) is 8.32. The summed E-state index contributed by atoms with van der Waals surface area (Å²) in [5, 5.41) is 8.80. The Bertz CT molecular complexity index is 206. The molecule has 1 atom stereocenters. The lowest BCUT2D eigenvalue weighted by molar-refractivity contribution is 0.0708. The Kier molecular flexibility index (Phi) is 4.46. The Hall–Kier alpha value is -1.03. The monoisotopic (exact) mass is 199 g/mol. The number of hydrogen-bond donors (Lipinski definition) is 1. The van der Waals surface area contributed by atoms with E-state index in [9.17, 15) is 4.79 Å². The zero-order chi connectivity index (χ0) is 10.4. The molecule has 0 aromatic heterocycles. The van der Waals surface area contributed by atoms with Gasteiger partial charge in [0.1, 0.15) is 0 Å². The van der Waals surface area contributed by atoms with Crippen LogP contribution in [0.25, 0.3) is 0 Å². The van der Waals surface area contributed by atoms with Gasteiger partial charge in [-0.15, -0.1) is 6.58 Å². The van der Waals surface area contributed by atoms with Crippen LogP contribution in [0.2, 0.25) is 0 Å². The van der Waals surface area contributed by atoms with Crippen molar-refractivity contribution < 1.29 is 14.6 Å². The van der Waals surface area contributed by atoms with E-state index in [1.165, 1.54) is 4.90 Å². The molecule has 1 rings (SSSR count). The minimum Gasteiger partial charge on any atom is -0.465 e. The molecule has 14 heavy (non-hydrogen) atoms. The highest BCUT2D eigenvalue weighted by Crippen LogP contribution is 2.16. The van der Waals surface area contributed by atoms with Gasteiger partial charge in [0.15, 0.2) is 0 Å². The Balaban J connectivity index is 2.25. The van der Waals surface area contributed by atoms with E-state index < -0.39 is 6.09 Å². The number of carboxylic acid groups (broad SMARTS) is 1. The van der Waals surface area contributed by atoms with Gasteiger partial charge in [0.2, 0.25) is 0 Å². The summed E-state index contributed by atoms with van der Waals surface area (Å²) in [4.78, 5) is 12.2. The van der Waals surface area contributed by atoms with Crippen molar-refractivity contribution in [2.24, 2.45) is 5.92 Å². The average molecular weight is 199 g/mol. The summed E-state index contributed by atoms with van der Waals surface area (Å²) < 4.78 is 5.31. The van der Waals surface area contributed by atoms with E-state index in [0.717, 1.165) is 12.8 Å². The summed E-state index contributed by atoms with van der Waals surface area (Å²) in [7, 11) is 0. The fourth-order valence-electron chi connectivity index (χ4n) is 1.69. The molecule has 1 unspecified atom stereocenters. The van der Waals surface area contributed by atoms with Gasteiger partial charge in [-0.05, 0) is 12.8 Å². The first kappa shape index (κ1) is 11.0. The van der Waals surface area contributed by atoms with Crippen molar-refractivity contribution in [1.82, 2.24) is 4.90 Å². The molecule has 1 aliphatic rings. The van der Waals surface area contributed by atoms with Crippen molar-refractivity contribution in [3.05, 3.63) is 12.7 Å². The van der Waals surface area contributed by atoms with Crippen LogP contribution < -0.4 is 0 Å². The number of rotatable bonds is 4. The fraction of sp³-hybridized carbons (Fsp3) is 0.700. The number of hydrogen-bond acceptors (Lipinski definition) is 2. The van der Waals surface area contributed by atoms with Crippen LogP contribution in [0.4, 0.5) is 4.79 Å². The van der Waals surface area contributed by atoms with Gasteiger partial charge in [0, 0.05) is 19.0 Å². The van der Waals surface area contributed by atoms with E-state index in [0.29, 0.717) is 32.2 Å². The highest BCUT2D eigenvalue weighted by atomic mass is 16.5. The first-order valence-corrected chi connectivity index (χ1v) is 4.90. The summed E-state index contributed by atoms with van der Waals surface area (Å²) in [5.41, 5.74) is 0. The maximum absolute atomic E-state index is 10.7. The van der Waals surface area contributed by atoms with Crippen LogP contribution in [0, 0.1) is 5.92 Å². The normalized spacial score (nSPS) is 22.0. The van der Waals surface area contributed by atoms with Gasteiger partial charge < -0.3 is 14.7 Å². The minimum atomic E-state index is -0.821. The van der Waals surface area contributed by atoms with Crippen molar-refractivity contribution in [1.29, 1.82) is 0 Å². The summed E-state index contributed by atoms with van der Waals surface area (Å²) in [6, 6.07) is 0. The first-order chi connectivity index (χ1) is 6.74. The molecule has 0 radical (unpaired) electrons. The van der Waals surface area contributed by atoms with Crippen LogP contribution in [0.1, 0.15) is 12.8 Å². The SMILES string of the molecule is C=CCOCC1CCCN(C(=O)O)C1. The molecule has 4 nitrogen and oxygen atoms in total. The van der Waals surface area contributed by atoms with E-state index in [4.69, 9.17) is 9.84 Å². The molecule has 80 valence electrons. The molecule has 1 fully saturated rings. The van der Waals surface area contributed by atoms with Gasteiger partial charge in [-0.1, -0.05) is 6.08 Å². The summed E-state index contributed by atoms with van der Waals surface area (Å²) in [6.45, 7) is 6.00. The molecule has 0 bridgehead atoms. The van der Waals surface area contributed by atoms with Crippen LogP contribution >= 0.6 is 0 Å². The van der Waals surface area contributed by atoms with Gasteiger partial charge in [-0.3, -0.25) is 0 Å². The van der Waals surface area contributed by atoms with E-state index in [-0.39, 0.29) is 0 Å². The van der Waals surface area contributed by atoms with E-state index >= 15 is 0 Å². The third-order valence-corrected chi connectivity index (χ3v) is 2.38. The molecule has 0 aromatic carbocycles. The van der Waals surface area contributed by atoms with Crippen LogP contribution in [-0.2, 0) is 4.74 Å². The maximum Gasteiger partial charge on any atom is 0.407 e. The van der Waals surface area contributed by atoms with Crippen molar-refractivity contribution in [3.63, 3.8) is 0 Å². The van der Waals surface area contributed by atoms with Crippen LogP contribution in [0.5, 0.6) is 0 Å². The maximum atomic E-state index is 10.7. The standard InChI is InChI=1S/C10H17NO3/c1-2-6-14-8-9-4-3-5-11(7-9)10(12)13/h2,9H,1,3-8H2,(H,12,13). The lowest BCUT2D eigenvalue weighted by Gasteiger charge is -2.30. The summed E-state index contributed by atoms with van der Waals surface area (Å²) >= 11 is 0. The molecule has 1 aliphatic heterocycles. The predicted octanol–water partition coefficient (Wildman–Crippen LogP) is 1.58. The van der Waals surface area contributed by atoms with E-state index in [1.807, 2.05) is 0 Å². The van der Waals surface area contributed by atoms with Crippen LogP contribution in [0.15, 0.2) is 12.7 Å². The first-order valence-electron chi connectivity index (χ1n) is 4.90.